The lowest BCUT2D eigenvalue weighted by Gasteiger charge is -2.14. The first-order chi connectivity index (χ1) is 7.40. The Labute approximate surface area is 104 Å². The van der Waals surface area contributed by atoms with Crippen LogP contribution in [-0.4, -0.2) is 26.5 Å². The van der Waals surface area contributed by atoms with Gasteiger partial charge in [-0.2, -0.15) is 0 Å². The van der Waals surface area contributed by atoms with Crippen molar-refractivity contribution in [2.45, 2.75) is 12.5 Å². The van der Waals surface area contributed by atoms with Crippen LogP contribution in [0.25, 0.3) is 0 Å². The minimum atomic E-state index is -3.02. The van der Waals surface area contributed by atoms with Crippen LogP contribution in [0.1, 0.15) is 5.56 Å². The third-order valence-corrected chi connectivity index (χ3v) is 3.61. The van der Waals surface area contributed by atoms with E-state index < -0.39 is 9.84 Å². The zero-order chi connectivity index (χ0) is 12.2. The quantitative estimate of drug-likeness (QED) is 0.625. The third-order valence-electron chi connectivity index (χ3n) is 2.11. The Balaban J connectivity index is 2.70. The predicted molar refractivity (Wildman–Crippen MR) is 68.7 cm³/mol. The summed E-state index contributed by atoms with van der Waals surface area (Å²) in [5, 5.41) is 0. The van der Waals surface area contributed by atoms with Crippen LogP contribution < -0.4 is 11.3 Å². The molecule has 0 amide bonds. The lowest BCUT2D eigenvalue weighted by molar-refractivity contribution is 0.546. The van der Waals surface area contributed by atoms with E-state index in [1.807, 2.05) is 24.3 Å². The van der Waals surface area contributed by atoms with Gasteiger partial charge in [0.2, 0.25) is 0 Å². The molecule has 0 fully saturated rings. The van der Waals surface area contributed by atoms with Gasteiger partial charge in [-0.25, -0.2) is 8.42 Å². The molecule has 0 bridgehead atoms. The van der Waals surface area contributed by atoms with E-state index in [1.165, 1.54) is 6.26 Å². The van der Waals surface area contributed by atoms with Gasteiger partial charge in [-0.3, -0.25) is 11.3 Å². The number of halogens is 1. The van der Waals surface area contributed by atoms with Crippen molar-refractivity contribution in [1.82, 2.24) is 5.43 Å². The molecule has 6 heteroatoms. The van der Waals surface area contributed by atoms with Gasteiger partial charge in [0.1, 0.15) is 9.84 Å². The Morgan fingerprint density at radius 3 is 2.69 bits per heavy atom. The lowest BCUT2D eigenvalue weighted by Crippen LogP contribution is -2.41. The molecular formula is C10H15BrN2O2S. The smallest absolute Gasteiger partial charge is 0.149 e. The van der Waals surface area contributed by atoms with Crippen LogP contribution in [0.3, 0.4) is 0 Å². The van der Waals surface area contributed by atoms with E-state index in [-0.39, 0.29) is 11.8 Å². The zero-order valence-corrected chi connectivity index (χ0v) is 11.4. The van der Waals surface area contributed by atoms with Gasteiger partial charge in [-0.05, 0) is 24.1 Å². The first-order valence-electron chi connectivity index (χ1n) is 4.79. The maximum absolute atomic E-state index is 11.2. The van der Waals surface area contributed by atoms with Crippen LogP contribution in [0.15, 0.2) is 28.7 Å². The van der Waals surface area contributed by atoms with Crippen molar-refractivity contribution in [3.63, 3.8) is 0 Å². The molecule has 1 aromatic carbocycles. The van der Waals surface area contributed by atoms with Gasteiger partial charge in [0.25, 0.3) is 0 Å². The maximum atomic E-state index is 11.2. The van der Waals surface area contributed by atoms with Crippen LogP contribution in [0, 0.1) is 0 Å². The SMILES string of the molecule is CS(=O)(=O)CC(Cc1cccc(Br)c1)NN. The number of rotatable bonds is 5. The highest BCUT2D eigenvalue weighted by molar-refractivity contribution is 9.10. The highest BCUT2D eigenvalue weighted by atomic mass is 79.9. The van der Waals surface area contributed by atoms with Crippen LogP contribution in [-0.2, 0) is 16.3 Å². The van der Waals surface area contributed by atoms with Crippen molar-refractivity contribution in [3.05, 3.63) is 34.3 Å². The van der Waals surface area contributed by atoms with Crippen LogP contribution in [0.5, 0.6) is 0 Å². The molecule has 0 saturated carbocycles. The number of hydrazine groups is 1. The van der Waals surface area contributed by atoms with Gasteiger partial charge in [-0.1, -0.05) is 28.1 Å². The zero-order valence-electron chi connectivity index (χ0n) is 8.98. The van der Waals surface area contributed by atoms with Crippen LogP contribution >= 0.6 is 15.9 Å². The molecule has 0 radical (unpaired) electrons. The highest BCUT2D eigenvalue weighted by Crippen LogP contribution is 2.13. The summed E-state index contributed by atoms with van der Waals surface area (Å²) in [7, 11) is -3.02. The van der Waals surface area contributed by atoms with Gasteiger partial charge >= 0.3 is 0 Å². The van der Waals surface area contributed by atoms with E-state index in [9.17, 15) is 8.42 Å². The molecule has 1 unspecified atom stereocenters. The van der Waals surface area contributed by atoms with Crippen molar-refractivity contribution in [2.24, 2.45) is 5.84 Å². The van der Waals surface area contributed by atoms with Crippen molar-refractivity contribution >= 4 is 25.8 Å². The Bertz CT molecular complexity index is 448. The molecule has 4 nitrogen and oxygen atoms in total. The molecular weight excluding hydrogens is 292 g/mol. The van der Waals surface area contributed by atoms with E-state index in [1.54, 1.807) is 0 Å². The second kappa shape index (κ2) is 5.77. The molecule has 0 aliphatic rings. The van der Waals surface area contributed by atoms with E-state index in [4.69, 9.17) is 5.84 Å². The Morgan fingerprint density at radius 2 is 2.19 bits per heavy atom. The first kappa shape index (κ1) is 13.6. The second-order valence-corrected chi connectivity index (χ2v) is 6.89. The second-order valence-electron chi connectivity index (χ2n) is 3.79. The molecule has 1 atom stereocenters. The molecule has 0 saturated heterocycles. The fourth-order valence-electron chi connectivity index (χ4n) is 1.48. The van der Waals surface area contributed by atoms with Crippen molar-refractivity contribution in [3.8, 4) is 0 Å². The predicted octanol–water partition coefficient (Wildman–Crippen LogP) is 0.868. The van der Waals surface area contributed by atoms with E-state index >= 15 is 0 Å². The Morgan fingerprint density at radius 1 is 1.50 bits per heavy atom. The van der Waals surface area contributed by atoms with Crippen molar-refractivity contribution in [1.29, 1.82) is 0 Å². The topological polar surface area (TPSA) is 72.2 Å². The molecule has 3 N–H and O–H groups in total. The number of nitrogens with one attached hydrogen (secondary N) is 1. The molecule has 0 aliphatic heterocycles. The summed E-state index contributed by atoms with van der Waals surface area (Å²) in [6.07, 6.45) is 1.79. The molecule has 16 heavy (non-hydrogen) atoms. The van der Waals surface area contributed by atoms with E-state index in [0.717, 1.165) is 10.0 Å². The first-order valence-corrected chi connectivity index (χ1v) is 7.64. The summed E-state index contributed by atoms with van der Waals surface area (Å²) >= 11 is 3.37. The fourth-order valence-corrected chi connectivity index (χ4v) is 2.87. The molecule has 0 aliphatic carbocycles. The molecule has 0 heterocycles. The number of benzene rings is 1. The lowest BCUT2D eigenvalue weighted by atomic mass is 10.1. The summed E-state index contributed by atoms with van der Waals surface area (Å²) in [5.74, 6) is 5.38. The summed E-state index contributed by atoms with van der Waals surface area (Å²) in [4.78, 5) is 0. The van der Waals surface area contributed by atoms with Gasteiger partial charge < -0.3 is 0 Å². The average molecular weight is 307 g/mol. The monoisotopic (exact) mass is 306 g/mol. The number of hydrogen-bond donors (Lipinski definition) is 2. The molecule has 0 aromatic heterocycles. The van der Waals surface area contributed by atoms with E-state index in [0.29, 0.717) is 6.42 Å². The van der Waals surface area contributed by atoms with E-state index in [2.05, 4.69) is 21.4 Å². The highest BCUT2D eigenvalue weighted by Gasteiger charge is 2.14. The molecule has 0 spiro atoms. The fraction of sp³-hybridized carbons (Fsp3) is 0.400. The summed E-state index contributed by atoms with van der Waals surface area (Å²) < 4.78 is 23.3. The maximum Gasteiger partial charge on any atom is 0.149 e. The number of hydrogen-bond acceptors (Lipinski definition) is 4. The van der Waals surface area contributed by atoms with Gasteiger partial charge in [0.05, 0.1) is 5.75 Å². The molecule has 90 valence electrons. The average Bonchev–Trinajstić information content (AvgIpc) is 2.14. The summed E-state index contributed by atoms with van der Waals surface area (Å²) in [5.41, 5.74) is 3.57. The van der Waals surface area contributed by atoms with Crippen LogP contribution in [0.2, 0.25) is 0 Å². The van der Waals surface area contributed by atoms with Crippen LogP contribution in [0.4, 0.5) is 0 Å². The van der Waals surface area contributed by atoms with Gasteiger partial charge in [0.15, 0.2) is 0 Å². The summed E-state index contributed by atoms with van der Waals surface area (Å²) in [6, 6.07) is 7.46. The number of sulfone groups is 1. The van der Waals surface area contributed by atoms with Crippen molar-refractivity contribution in [2.75, 3.05) is 12.0 Å². The van der Waals surface area contributed by atoms with Crippen molar-refractivity contribution < 1.29 is 8.42 Å². The Kier molecular flexibility index (Phi) is 4.91. The van der Waals surface area contributed by atoms with Gasteiger partial charge in [-0.15, -0.1) is 0 Å². The molecule has 1 aromatic rings. The normalized spacial score (nSPS) is 13.7. The minimum Gasteiger partial charge on any atom is -0.271 e. The summed E-state index contributed by atoms with van der Waals surface area (Å²) in [6.45, 7) is 0. The molecule has 1 rings (SSSR count). The third kappa shape index (κ3) is 5.07. The number of nitrogens with two attached hydrogens (primary N) is 1. The minimum absolute atomic E-state index is 0.0377. The van der Waals surface area contributed by atoms with Gasteiger partial charge in [0, 0.05) is 16.8 Å². The standard InChI is InChI=1S/C10H15BrN2O2S/c1-16(14,15)7-10(13-12)6-8-3-2-4-9(11)5-8/h2-5,10,13H,6-7,12H2,1H3. The largest absolute Gasteiger partial charge is 0.271 e. The Hall–Kier alpha value is -0.430.